The maximum absolute atomic E-state index is 12.9. The zero-order chi connectivity index (χ0) is 16.0. The van der Waals surface area contributed by atoms with Crippen LogP contribution in [0.1, 0.15) is 11.1 Å². The Kier molecular flexibility index (Phi) is 3.52. The second-order valence-electron chi connectivity index (χ2n) is 6.36. The third-order valence-electron chi connectivity index (χ3n) is 4.87. The summed E-state index contributed by atoms with van der Waals surface area (Å²) >= 11 is 0. The van der Waals surface area contributed by atoms with Gasteiger partial charge in [-0.15, -0.1) is 0 Å². The number of piperazine rings is 1. The van der Waals surface area contributed by atoms with Gasteiger partial charge in [0.05, 0.1) is 4.90 Å². The lowest BCUT2D eigenvalue weighted by Crippen LogP contribution is -2.47. The lowest BCUT2D eigenvalue weighted by atomic mass is 10.1. The second kappa shape index (κ2) is 5.44. The lowest BCUT2D eigenvalue weighted by molar-refractivity contribution is 0.222. The highest BCUT2D eigenvalue weighted by molar-refractivity contribution is 7.89. The highest BCUT2D eigenvalue weighted by Gasteiger charge is 2.29. The van der Waals surface area contributed by atoms with Crippen LogP contribution in [0.25, 0.3) is 11.1 Å². The molecule has 0 aromatic heterocycles. The molecule has 0 amide bonds. The van der Waals surface area contributed by atoms with Gasteiger partial charge < -0.3 is 4.90 Å². The Morgan fingerprint density at radius 3 is 2.35 bits per heavy atom. The van der Waals surface area contributed by atoms with Crippen LogP contribution in [0, 0.1) is 0 Å². The van der Waals surface area contributed by atoms with Crippen molar-refractivity contribution in [3.8, 4) is 11.1 Å². The van der Waals surface area contributed by atoms with Gasteiger partial charge in [-0.1, -0.05) is 30.3 Å². The first-order valence-corrected chi connectivity index (χ1v) is 9.39. The van der Waals surface area contributed by atoms with Crippen LogP contribution < -0.4 is 0 Å². The van der Waals surface area contributed by atoms with Gasteiger partial charge in [-0.25, -0.2) is 8.42 Å². The molecule has 1 aliphatic carbocycles. The highest BCUT2D eigenvalue weighted by Crippen LogP contribution is 2.37. The van der Waals surface area contributed by atoms with Gasteiger partial charge in [-0.05, 0) is 47.9 Å². The molecule has 4 rings (SSSR count). The highest BCUT2D eigenvalue weighted by atomic mass is 32.2. The molecule has 0 radical (unpaired) electrons. The summed E-state index contributed by atoms with van der Waals surface area (Å²) in [6, 6.07) is 13.9. The molecular weight excluding hydrogens is 308 g/mol. The third-order valence-corrected chi connectivity index (χ3v) is 6.76. The molecule has 5 heteroatoms. The number of hydrogen-bond acceptors (Lipinski definition) is 3. The van der Waals surface area contributed by atoms with Gasteiger partial charge in [0.1, 0.15) is 0 Å². The van der Waals surface area contributed by atoms with E-state index in [0.29, 0.717) is 18.0 Å². The van der Waals surface area contributed by atoms with E-state index in [1.165, 1.54) is 11.1 Å². The molecule has 0 bridgehead atoms. The first kappa shape index (κ1) is 14.9. The summed E-state index contributed by atoms with van der Waals surface area (Å²) < 4.78 is 27.4. The molecule has 2 aliphatic rings. The van der Waals surface area contributed by atoms with Crippen LogP contribution in [0.2, 0.25) is 0 Å². The minimum Gasteiger partial charge on any atom is -0.304 e. The van der Waals surface area contributed by atoms with E-state index in [2.05, 4.69) is 17.0 Å². The monoisotopic (exact) mass is 328 g/mol. The van der Waals surface area contributed by atoms with E-state index in [9.17, 15) is 8.42 Å². The Morgan fingerprint density at radius 2 is 1.57 bits per heavy atom. The average molecular weight is 328 g/mol. The molecule has 1 aliphatic heterocycles. The van der Waals surface area contributed by atoms with Crippen LogP contribution in [0.5, 0.6) is 0 Å². The van der Waals surface area contributed by atoms with Gasteiger partial charge in [0, 0.05) is 26.2 Å². The fourth-order valence-corrected chi connectivity index (χ4v) is 4.93. The fraction of sp³-hybridized carbons (Fsp3) is 0.333. The maximum atomic E-state index is 12.9. The Hall–Kier alpha value is -1.69. The third kappa shape index (κ3) is 2.49. The number of fused-ring (bicyclic) bond motifs is 3. The van der Waals surface area contributed by atoms with Crippen LogP contribution in [-0.4, -0.2) is 50.8 Å². The number of hydrogen-bond donors (Lipinski definition) is 0. The molecule has 1 saturated heterocycles. The summed E-state index contributed by atoms with van der Waals surface area (Å²) in [7, 11) is -1.36. The maximum Gasteiger partial charge on any atom is 0.243 e. The number of rotatable bonds is 2. The summed E-state index contributed by atoms with van der Waals surface area (Å²) in [4.78, 5) is 2.58. The SMILES string of the molecule is CN1CCN(S(=O)(=O)c2ccc3c(c2)Cc2ccccc2-3)CC1. The zero-order valence-corrected chi connectivity index (χ0v) is 14.0. The van der Waals surface area contributed by atoms with Crippen molar-refractivity contribution >= 4 is 10.0 Å². The van der Waals surface area contributed by atoms with Crippen molar-refractivity contribution in [2.75, 3.05) is 33.2 Å². The molecule has 0 N–H and O–H groups in total. The smallest absolute Gasteiger partial charge is 0.243 e. The first-order valence-electron chi connectivity index (χ1n) is 7.95. The van der Waals surface area contributed by atoms with Crippen molar-refractivity contribution in [2.45, 2.75) is 11.3 Å². The van der Waals surface area contributed by atoms with Gasteiger partial charge in [-0.3, -0.25) is 0 Å². The molecule has 1 fully saturated rings. The number of likely N-dealkylation sites (N-methyl/N-ethyl adjacent to an activating group) is 1. The number of sulfonamides is 1. The van der Waals surface area contributed by atoms with Crippen LogP contribution in [0.3, 0.4) is 0 Å². The Morgan fingerprint density at radius 1 is 0.870 bits per heavy atom. The summed E-state index contributed by atoms with van der Waals surface area (Å²) in [6.45, 7) is 2.71. The van der Waals surface area contributed by atoms with E-state index in [-0.39, 0.29) is 0 Å². The molecule has 23 heavy (non-hydrogen) atoms. The standard InChI is InChI=1S/C18H20N2O2S/c1-19-8-10-20(11-9-19)23(21,22)16-6-7-18-15(13-16)12-14-4-2-3-5-17(14)18/h2-7,13H,8-12H2,1H3. The molecule has 0 atom stereocenters. The molecule has 4 nitrogen and oxygen atoms in total. The minimum atomic E-state index is -3.39. The Balaban J connectivity index is 1.68. The van der Waals surface area contributed by atoms with Crippen LogP contribution >= 0.6 is 0 Å². The minimum absolute atomic E-state index is 0.425. The topological polar surface area (TPSA) is 40.6 Å². The van der Waals surface area contributed by atoms with Gasteiger partial charge in [0.15, 0.2) is 0 Å². The van der Waals surface area contributed by atoms with E-state index >= 15 is 0 Å². The quantitative estimate of drug-likeness (QED) is 0.724. The molecule has 0 unspecified atom stereocenters. The normalized spacial score (nSPS) is 18.7. The largest absolute Gasteiger partial charge is 0.304 e. The van der Waals surface area contributed by atoms with E-state index in [1.807, 2.05) is 31.3 Å². The van der Waals surface area contributed by atoms with Crippen molar-refractivity contribution in [3.05, 3.63) is 53.6 Å². The number of nitrogens with zero attached hydrogens (tertiary/aromatic N) is 2. The van der Waals surface area contributed by atoms with Crippen molar-refractivity contribution in [1.82, 2.24) is 9.21 Å². The van der Waals surface area contributed by atoms with Crippen molar-refractivity contribution in [3.63, 3.8) is 0 Å². The molecular formula is C18H20N2O2S. The van der Waals surface area contributed by atoms with E-state index in [1.54, 1.807) is 10.4 Å². The first-order chi connectivity index (χ1) is 11.1. The van der Waals surface area contributed by atoms with Crippen molar-refractivity contribution in [2.24, 2.45) is 0 Å². The Bertz CT molecular complexity index is 853. The summed E-state index contributed by atoms with van der Waals surface area (Å²) in [6.07, 6.45) is 0.817. The van der Waals surface area contributed by atoms with Crippen LogP contribution in [-0.2, 0) is 16.4 Å². The predicted molar refractivity (Wildman–Crippen MR) is 90.9 cm³/mol. The van der Waals surface area contributed by atoms with Gasteiger partial charge in [0.2, 0.25) is 10.0 Å². The predicted octanol–water partition coefficient (Wildman–Crippen LogP) is 2.19. The molecule has 0 spiro atoms. The van der Waals surface area contributed by atoms with Gasteiger partial charge in [-0.2, -0.15) is 4.31 Å². The van der Waals surface area contributed by atoms with Crippen LogP contribution in [0.15, 0.2) is 47.4 Å². The summed E-state index contributed by atoms with van der Waals surface area (Å²) in [5.74, 6) is 0. The molecule has 0 saturated carbocycles. The van der Waals surface area contributed by atoms with Gasteiger partial charge >= 0.3 is 0 Å². The van der Waals surface area contributed by atoms with E-state index in [4.69, 9.17) is 0 Å². The van der Waals surface area contributed by atoms with Crippen LogP contribution in [0.4, 0.5) is 0 Å². The van der Waals surface area contributed by atoms with E-state index in [0.717, 1.165) is 30.6 Å². The summed E-state index contributed by atoms with van der Waals surface area (Å²) in [5, 5.41) is 0. The number of benzene rings is 2. The second-order valence-corrected chi connectivity index (χ2v) is 8.30. The summed E-state index contributed by atoms with van der Waals surface area (Å²) in [5.41, 5.74) is 4.78. The van der Waals surface area contributed by atoms with Gasteiger partial charge in [0.25, 0.3) is 0 Å². The molecule has 2 aromatic carbocycles. The molecule has 2 aromatic rings. The zero-order valence-electron chi connectivity index (χ0n) is 13.2. The van der Waals surface area contributed by atoms with Crippen molar-refractivity contribution in [1.29, 1.82) is 0 Å². The van der Waals surface area contributed by atoms with E-state index < -0.39 is 10.0 Å². The average Bonchev–Trinajstić information content (AvgIpc) is 2.93. The molecule has 120 valence electrons. The fourth-order valence-electron chi connectivity index (χ4n) is 3.46. The van der Waals surface area contributed by atoms with Crippen molar-refractivity contribution < 1.29 is 8.42 Å². The Labute approximate surface area is 137 Å². The lowest BCUT2D eigenvalue weighted by Gasteiger charge is -2.31. The molecule has 1 heterocycles.